The Hall–Kier alpha value is -2.86. The highest BCUT2D eigenvalue weighted by molar-refractivity contribution is 6.16. The van der Waals surface area contributed by atoms with E-state index in [0.717, 1.165) is 32.8 Å². The first-order valence-electron chi connectivity index (χ1n) is 8.51. The number of hydrogen-bond donors (Lipinski definition) is 1. The molecule has 0 unspecified atom stereocenters. The van der Waals surface area contributed by atoms with Crippen LogP contribution in [0.25, 0.3) is 32.8 Å². The van der Waals surface area contributed by atoms with Gasteiger partial charge in [-0.3, -0.25) is 4.79 Å². The molecule has 0 aliphatic carbocycles. The number of hydrogen-bond acceptors (Lipinski definition) is 3. The maximum Gasteiger partial charge on any atom is 0.242 e. The molecule has 0 saturated carbocycles. The van der Waals surface area contributed by atoms with Gasteiger partial charge in [0.15, 0.2) is 0 Å². The van der Waals surface area contributed by atoms with Crippen LogP contribution in [-0.2, 0) is 16.1 Å². The smallest absolute Gasteiger partial charge is 0.242 e. The Bertz CT molecular complexity index is 1090. The summed E-state index contributed by atoms with van der Waals surface area (Å²) in [4.78, 5) is 22.4. The van der Waals surface area contributed by atoms with Crippen molar-refractivity contribution >= 4 is 38.7 Å². The number of H-pyrrole nitrogens is 1. The number of aromatic nitrogens is 3. The highest BCUT2D eigenvalue weighted by Crippen LogP contribution is 2.32. The summed E-state index contributed by atoms with van der Waals surface area (Å²) in [5.41, 5.74) is 2.97. The van der Waals surface area contributed by atoms with Gasteiger partial charge in [0.05, 0.1) is 18.7 Å². The van der Waals surface area contributed by atoms with E-state index in [1.807, 2.05) is 35.5 Å². The fourth-order valence-electron chi connectivity index (χ4n) is 3.75. The number of ether oxygens (including phenoxy) is 1. The van der Waals surface area contributed by atoms with Crippen LogP contribution < -0.4 is 0 Å². The average Bonchev–Trinajstić information content (AvgIpc) is 3.25. The van der Waals surface area contributed by atoms with Gasteiger partial charge in [0.1, 0.15) is 12.2 Å². The molecule has 1 amide bonds. The van der Waals surface area contributed by atoms with Gasteiger partial charge in [-0.2, -0.15) is 0 Å². The minimum absolute atomic E-state index is 0.131. The zero-order valence-corrected chi connectivity index (χ0v) is 13.7. The maximum atomic E-state index is 12.9. The number of aromatic amines is 1. The number of pyridine rings is 1. The molecule has 6 heteroatoms. The Kier molecular flexibility index (Phi) is 3.24. The minimum Gasteiger partial charge on any atom is -0.378 e. The minimum atomic E-state index is 0.131. The number of benzene rings is 1. The summed E-state index contributed by atoms with van der Waals surface area (Å²) in [5, 5.41) is 3.25. The Morgan fingerprint density at radius 2 is 1.96 bits per heavy atom. The molecule has 5 rings (SSSR count). The van der Waals surface area contributed by atoms with Gasteiger partial charge >= 0.3 is 0 Å². The van der Waals surface area contributed by atoms with Crippen LogP contribution in [0.1, 0.15) is 0 Å². The lowest BCUT2D eigenvalue weighted by atomic mass is 10.2. The predicted octanol–water partition coefficient (Wildman–Crippen LogP) is 2.53. The molecule has 1 fully saturated rings. The lowest BCUT2D eigenvalue weighted by molar-refractivity contribution is -0.135. The molecule has 0 bridgehead atoms. The summed E-state index contributed by atoms with van der Waals surface area (Å²) in [5.74, 6) is 0.131. The van der Waals surface area contributed by atoms with E-state index in [1.165, 1.54) is 0 Å². The molecule has 0 spiro atoms. The first-order chi connectivity index (χ1) is 12.3. The summed E-state index contributed by atoms with van der Waals surface area (Å²) in [6.07, 6.45) is 3.79. The fraction of sp³-hybridized carbons (Fsp3) is 0.263. The molecule has 1 aliphatic heterocycles. The number of carbonyl (C=O) groups is 1. The van der Waals surface area contributed by atoms with E-state index >= 15 is 0 Å². The fourth-order valence-corrected chi connectivity index (χ4v) is 3.75. The third-order valence-corrected chi connectivity index (χ3v) is 4.97. The normalized spacial score (nSPS) is 15.4. The molecule has 0 radical (unpaired) electrons. The number of rotatable bonds is 2. The average molecular weight is 334 g/mol. The third-order valence-electron chi connectivity index (χ3n) is 4.97. The lowest BCUT2D eigenvalue weighted by Crippen LogP contribution is -2.42. The molecule has 3 aromatic heterocycles. The second-order valence-electron chi connectivity index (χ2n) is 6.36. The third kappa shape index (κ3) is 2.21. The molecule has 4 heterocycles. The van der Waals surface area contributed by atoms with Crippen molar-refractivity contribution in [3.63, 3.8) is 0 Å². The molecule has 25 heavy (non-hydrogen) atoms. The van der Waals surface area contributed by atoms with Gasteiger partial charge in [0, 0.05) is 47.2 Å². The van der Waals surface area contributed by atoms with Crippen LogP contribution in [0, 0.1) is 0 Å². The van der Waals surface area contributed by atoms with Crippen molar-refractivity contribution in [3.05, 3.63) is 42.7 Å². The van der Waals surface area contributed by atoms with Crippen LogP contribution in [0.2, 0.25) is 0 Å². The summed E-state index contributed by atoms with van der Waals surface area (Å²) in [6, 6.07) is 10.2. The molecule has 1 saturated heterocycles. The summed E-state index contributed by atoms with van der Waals surface area (Å²) < 4.78 is 7.49. The first kappa shape index (κ1) is 14.5. The van der Waals surface area contributed by atoms with Crippen LogP contribution in [0.5, 0.6) is 0 Å². The van der Waals surface area contributed by atoms with Gasteiger partial charge in [-0.15, -0.1) is 0 Å². The molecule has 1 aromatic carbocycles. The van der Waals surface area contributed by atoms with Gasteiger partial charge in [-0.05, 0) is 12.1 Å². The van der Waals surface area contributed by atoms with Gasteiger partial charge in [-0.25, -0.2) is 4.98 Å². The van der Waals surface area contributed by atoms with Crippen molar-refractivity contribution in [1.82, 2.24) is 19.4 Å². The highest BCUT2D eigenvalue weighted by atomic mass is 16.5. The maximum absolute atomic E-state index is 12.9. The second-order valence-corrected chi connectivity index (χ2v) is 6.36. The number of amides is 1. The van der Waals surface area contributed by atoms with Crippen LogP contribution in [-0.4, -0.2) is 51.6 Å². The number of fused-ring (bicyclic) bond motifs is 5. The van der Waals surface area contributed by atoms with Gasteiger partial charge in [-0.1, -0.05) is 18.2 Å². The van der Waals surface area contributed by atoms with Crippen molar-refractivity contribution in [2.45, 2.75) is 6.54 Å². The molecule has 126 valence electrons. The molecule has 1 aliphatic rings. The van der Waals surface area contributed by atoms with Gasteiger partial charge in [0.2, 0.25) is 5.91 Å². The summed E-state index contributed by atoms with van der Waals surface area (Å²) >= 11 is 0. The van der Waals surface area contributed by atoms with E-state index in [-0.39, 0.29) is 5.91 Å². The SMILES string of the molecule is O=C(Cn1c2ccccc2c2cnc3[nH]ccc3c21)N1CCOCC1. The van der Waals surface area contributed by atoms with Gasteiger partial charge in [0.25, 0.3) is 0 Å². The number of para-hydroxylation sites is 1. The van der Waals surface area contributed by atoms with E-state index in [9.17, 15) is 4.79 Å². The topological polar surface area (TPSA) is 63.2 Å². The molecule has 6 nitrogen and oxygen atoms in total. The molecule has 0 atom stereocenters. The van der Waals surface area contributed by atoms with Crippen molar-refractivity contribution in [1.29, 1.82) is 0 Å². The molecular formula is C19H18N4O2. The summed E-state index contributed by atoms with van der Waals surface area (Å²) in [7, 11) is 0. The summed E-state index contributed by atoms with van der Waals surface area (Å²) in [6.45, 7) is 2.89. The van der Waals surface area contributed by atoms with E-state index < -0.39 is 0 Å². The Balaban J connectivity index is 1.71. The van der Waals surface area contributed by atoms with Crippen molar-refractivity contribution in [2.75, 3.05) is 26.3 Å². The zero-order chi connectivity index (χ0) is 16.8. The molecule has 4 aromatic rings. The van der Waals surface area contributed by atoms with E-state index in [0.29, 0.717) is 32.8 Å². The number of nitrogens with one attached hydrogen (secondary N) is 1. The second kappa shape index (κ2) is 5.60. The largest absolute Gasteiger partial charge is 0.378 e. The van der Waals surface area contributed by atoms with Crippen molar-refractivity contribution in [3.8, 4) is 0 Å². The van der Waals surface area contributed by atoms with Crippen LogP contribution in [0.3, 0.4) is 0 Å². The van der Waals surface area contributed by atoms with Crippen LogP contribution in [0.4, 0.5) is 0 Å². The lowest BCUT2D eigenvalue weighted by Gasteiger charge is -2.27. The number of morpholine rings is 1. The molecule has 1 N–H and O–H groups in total. The monoisotopic (exact) mass is 334 g/mol. The quantitative estimate of drug-likeness (QED) is 0.613. The first-order valence-corrected chi connectivity index (χ1v) is 8.51. The number of carbonyl (C=O) groups excluding carboxylic acids is 1. The van der Waals surface area contributed by atoms with E-state index in [4.69, 9.17) is 4.74 Å². The van der Waals surface area contributed by atoms with E-state index in [2.05, 4.69) is 26.7 Å². The Morgan fingerprint density at radius 1 is 1.12 bits per heavy atom. The van der Waals surface area contributed by atoms with Crippen LogP contribution >= 0.6 is 0 Å². The van der Waals surface area contributed by atoms with Crippen LogP contribution in [0.15, 0.2) is 42.7 Å². The zero-order valence-electron chi connectivity index (χ0n) is 13.7. The number of nitrogens with zero attached hydrogens (tertiary/aromatic N) is 3. The Morgan fingerprint density at radius 3 is 2.84 bits per heavy atom. The Labute approximate surface area is 144 Å². The standard InChI is InChI=1S/C19H18N4O2/c24-17(22-7-9-25-10-8-22)12-23-16-4-2-1-3-13(16)15-11-21-19-14(18(15)23)5-6-20-19/h1-6,11H,7-10,12H2,(H,20,21). The predicted molar refractivity (Wildman–Crippen MR) is 96.5 cm³/mol. The van der Waals surface area contributed by atoms with Gasteiger partial charge < -0.3 is 19.2 Å². The van der Waals surface area contributed by atoms with Crippen molar-refractivity contribution < 1.29 is 9.53 Å². The highest BCUT2D eigenvalue weighted by Gasteiger charge is 2.21. The molecular weight excluding hydrogens is 316 g/mol. The van der Waals surface area contributed by atoms with Crippen molar-refractivity contribution in [2.24, 2.45) is 0 Å². The van der Waals surface area contributed by atoms with E-state index in [1.54, 1.807) is 0 Å².